The lowest BCUT2D eigenvalue weighted by atomic mass is 10.1. The molecular weight excluding hydrogens is 309 g/mol. The lowest BCUT2D eigenvalue weighted by molar-refractivity contribution is -0.173. The maximum absolute atomic E-state index is 12.0. The fraction of sp³-hybridized carbons (Fsp3) is 0.533. The molecule has 0 bridgehead atoms. The maximum atomic E-state index is 12.0. The number of nitrogens with one attached hydrogen (secondary N) is 2. The van der Waals surface area contributed by atoms with Gasteiger partial charge in [0, 0.05) is 32.4 Å². The van der Waals surface area contributed by atoms with E-state index in [0.29, 0.717) is 12.5 Å². The highest BCUT2D eigenvalue weighted by molar-refractivity contribution is 5.81. The number of carbonyl (C=O) groups is 1. The number of nitrogens with zero attached hydrogens (tertiary/aromatic N) is 2. The minimum atomic E-state index is -4.80. The summed E-state index contributed by atoms with van der Waals surface area (Å²) in [6.07, 6.45) is 4.65. The van der Waals surface area contributed by atoms with Crippen LogP contribution in [-0.4, -0.2) is 54.1 Å². The Morgan fingerprint density at radius 3 is 3.00 bits per heavy atom. The zero-order valence-corrected chi connectivity index (χ0v) is 12.6. The zero-order valence-electron chi connectivity index (χ0n) is 12.6. The lowest BCUT2D eigenvalue weighted by Crippen LogP contribution is -2.44. The second-order valence-corrected chi connectivity index (χ2v) is 5.83. The van der Waals surface area contributed by atoms with Gasteiger partial charge >= 0.3 is 12.1 Å². The van der Waals surface area contributed by atoms with Crippen molar-refractivity contribution in [3.63, 3.8) is 0 Å². The number of alkyl halides is 3. The van der Waals surface area contributed by atoms with Gasteiger partial charge in [0.05, 0.1) is 11.7 Å². The Kier molecular flexibility index (Phi) is 4.23. The summed E-state index contributed by atoms with van der Waals surface area (Å²) >= 11 is 0. The van der Waals surface area contributed by atoms with E-state index < -0.39 is 12.1 Å². The molecule has 5 nitrogen and oxygen atoms in total. The second-order valence-electron chi connectivity index (χ2n) is 5.83. The van der Waals surface area contributed by atoms with E-state index in [1.807, 2.05) is 11.4 Å². The van der Waals surface area contributed by atoms with Crippen molar-refractivity contribution in [1.29, 1.82) is 0 Å². The van der Waals surface area contributed by atoms with Crippen molar-refractivity contribution in [2.45, 2.75) is 25.1 Å². The summed E-state index contributed by atoms with van der Waals surface area (Å²) in [5.74, 6) is -0.741. The lowest BCUT2D eigenvalue weighted by Gasteiger charge is -2.38. The highest BCUT2D eigenvalue weighted by Gasteiger charge is 2.38. The van der Waals surface area contributed by atoms with Gasteiger partial charge in [0.2, 0.25) is 0 Å². The molecule has 1 saturated heterocycles. The molecule has 8 heteroatoms. The van der Waals surface area contributed by atoms with Gasteiger partial charge in [-0.25, -0.2) is 0 Å². The Hall–Kier alpha value is -2.12. The normalized spacial score (nSPS) is 22.3. The first-order chi connectivity index (χ1) is 10.9. The van der Waals surface area contributed by atoms with Crippen LogP contribution in [0, 0.1) is 0 Å². The summed E-state index contributed by atoms with van der Waals surface area (Å²) in [4.78, 5) is 15.2. The largest absolute Gasteiger partial charge is 0.471 e. The summed E-state index contributed by atoms with van der Waals surface area (Å²) in [5, 5.41) is 5.27. The summed E-state index contributed by atoms with van der Waals surface area (Å²) in [5.41, 5.74) is 1.13. The number of carbonyl (C=O) groups excluding carboxylic acids is 1. The zero-order chi connectivity index (χ0) is 16.4. The van der Waals surface area contributed by atoms with Gasteiger partial charge in [-0.05, 0) is 25.0 Å². The number of halogens is 3. The topological polar surface area (TPSA) is 47.6 Å². The molecule has 0 aromatic carbocycles. The van der Waals surface area contributed by atoms with Crippen LogP contribution in [0.5, 0.6) is 0 Å². The molecule has 0 aliphatic carbocycles. The Morgan fingerprint density at radius 2 is 2.22 bits per heavy atom. The van der Waals surface area contributed by atoms with Gasteiger partial charge < -0.3 is 20.4 Å². The van der Waals surface area contributed by atoms with Crippen molar-refractivity contribution >= 4 is 5.91 Å². The third kappa shape index (κ3) is 3.46. The second kappa shape index (κ2) is 6.17. The van der Waals surface area contributed by atoms with Crippen LogP contribution < -0.4 is 10.6 Å². The molecule has 1 fully saturated rings. The number of hydrogen-bond acceptors (Lipinski definition) is 4. The molecule has 23 heavy (non-hydrogen) atoms. The molecule has 2 N–H and O–H groups in total. The minimum absolute atomic E-state index is 0.0483. The summed E-state index contributed by atoms with van der Waals surface area (Å²) < 4.78 is 36.1. The Morgan fingerprint density at radius 1 is 1.39 bits per heavy atom. The van der Waals surface area contributed by atoms with Crippen molar-refractivity contribution in [1.82, 2.24) is 20.4 Å². The van der Waals surface area contributed by atoms with Gasteiger partial charge in [-0.15, -0.1) is 0 Å². The quantitative estimate of drug-likeness (QED) is 0.747. The van der Waals surface area contributed by atoms with E-state index in [9.17, 15) is 18.0 Å². The molecule has 0 aromatic heterocycles. The predicted octanol–water partition coefficient (Wildman–Crippen LogP) is 1.29. The third-order valence-electron chi connectivity index (χ3n) is 4.12. The molecule has 3 rings (SSSR count). The smallest absolute Gasteiger partial charge is 0.374 e. The monoisotopic (exact) mass is 328 g/mol. The van der Waals surface area contributed by atoms with E-state index in [4.69, 9.17) is 0 Å². The Bertz CT molecular complexity index is 568. The van der Waals surface area contributed by atoms with E-state index in [-0.39, 0.29) is 6.54 Å². The van der Waals surface area contributed by atoms with Crippen LogP contribution in [0.3, 0.4) is 0 Å². The Balaban J connectivity index is 1.43. The fourth-order valence-electron chi connectivity index (χ4n) is 3.06. The van der Waals surface area contributed by atoms with Crippen molar-refractivity contribution in [2.75, 3.05) is 26.2 Å². The highest BCUT2D eigenvalue weighted by atomic mass is 19.4. The summed E-state index contributed by atoms with van der Waals surface area (Å²) in [6.45, 7) is 2.59. The van der Waals surface area contributed by atoms with Crippen LogP contribution >= 0.6 is 0 Å². The van der Waals surface area contributed by atoms with Crippen molar-refractivity contribution < 1.29 is 18.0 Å². The minimum Gasteiger partial charge on any atom is -0.374 e. The van der Waals surface area contributed by atoms with Crippen LogP contribution in [-0.2, 0) is 4.79 Å². The average Bonchev–Trinajstić information content (AvgIpc) is 2.91. The molecular formula is C15H19F3N4O. The first-order valence-corrected chi connectivity index (χ1v) is 7.67. The highest BCUT2D eigenvalue weighted by Crippen LogP contribution is 2.29. The number of unbranched alkanes of at least 4 members (excludes halogenated alkanes) is 1. The molecule has 3 aliphatic heterocycles. The van der Waals surface area contributed by atoms with Gasteiger partial charge in [-0.3, -0.25) is 4.79 Å². The average molecular weight is 328 g/mol. The number of rotatable bonds is 5. The summed E-state index contributed by atoms with van der Waals surface area (Å²) in [7, 11) is 0. The van der Waals surface area contributed by atoms with Crippen LogP contribution in [0.4, 0.5) is 13.2 Å². The van der Waals surface area contributed by atoms with Crippen LogP contribution in [0.1, 0.15) is 12.8 Å². The van der Waals surface area contributed by atoms with E-state index in [1.165, 1.54) is 0 Å². The SMILES string of the molecule is O=C(NCCCCN1C=C2C=CC=C3NCC(C1)N23)C(F)(F)F. The maximum Gasteiger partial charge on any atom is 0.471 e. The predicted molar refractivity (Wildman–Crippen MR) is 78.8 cm³/mol. The van der Waals surface area contributed by atoms with Crippen molar-refractivity contribution in [2.24, 2.45) is 0 Å². The van der Waals surface area contributed by atoms with Crippen molar-refractivity contribution in [3.05, 3.63) is 35.9 Å². The van der Waals surface area contributed by atoms with Gasteiger partial charge in [-0.2, -0.15) is 13.2 Å². The fourth-order valence-corrected chi connectivity index (χ4v) is 3.06. The van der Waals surface area contributed by atoms with Gasteiger partial charge in [0.1, 0.15) is 5.82 Å². The number of hydrogen-bond donors (Lipinski definition) is 2. The third-order valence-corrected chi connectivity index (χ3v) is 4.12. The molecule has 1 amide bonds. The van der Waals surface area contributed by atoms with Gasteiger partial charge in [0.25, 0.3) is 0 Å². The van der Waals surface area contributed by atoms with E-state index in [0.717, 1.165) is 37.6 Å². The standard InChI is InChI=1S/C15H19F3N4O/c16-15(17,18)14(23)19-6-1-2-7-21-9-11-4-3-5-13-20-8-12(10-21)22(11)13/h3-5,9,12,20H,1-2,6-8,10H2,(H,19,23). The molecule has 3 heterocycles. The Labute approximate surface area is 132 Å². The number of amides is 1. The van der Waals surface area contributed by atoms with Crippen LogP contribution in [0.15, 0.2) is 35.9 Å². The van der Waals surface area contributed by atoms with Gasteiger partial charge in [0.15, 0.2) is 0 Å². The molecule has 1 atom stereocenters. The molecule has 0 saturated carbocycles. The number of allylic oxidation sites excluding steroid dienone is 3. The van der Waals surface area contributed by atoms with Crippen molar-refractivity contribution in [3.8, 4) is 0 Å². The van der Waals surface area contributed by atoms with Crippen LogP contribution in [0.25, 0.3) is 0 Å². The van der Waals surface area contributed by atoms with Crippen LogP contribution in [0.2, 0.25) is 0 Å². The van der Waals surface area contributed by atoms with E-state index >= 15 is 0 Å². The first kappa shape index (κ1) is 15.8. The first-order valence-electron chi connectivity index (χ1n) is 7.67. The molecule has 3 aliphatic rings. The molecule has 1 unspecified atom stereocenters. The van der Waals surface area contributed by atoms with E-state index in [1.54, 1.807) is 0 Å². The van der Waals surface area contributed by atoms with E-state index in [2.05, 4.69) is 33.5 Å². The summed E-state index contributed by atoms with van der Waals surface area (Å²) in [6, 6.07) is 0.385. The molecule has 0 spiro atoms. The van der Waals surface area contributed by atoms with Gasteiger partial charge in [-0.1, -0.05) is 6.08 Å². The molecule has 0 radical (unpaired) electrons. The molecule has 0 aromatic rings. The molecule has 126 valence electrons.